The first kappa shape index (κ1) is 13.2. The molecule has 2 aromatic rings. The lowest BCUT2D eigenvalue weighted by molar-refractivity contribution is -0.137. The second-order valence-electron chi connectivity index (χ2n) is 3.83. The number of halogens is 4. The molecule has 19 heavy (non-hydrogen) atoms. The largest absolute Gasteiger partial charge is 0.416 e. The summed E-state index contributed by atoms with van der Waals surface area (Å²) in [6, 6.07) is 5.27. The smallest absolute Gasteiger partial charge is 0.298 e. The van der Waals surface area contributed by atoms with Gasteiger partial charge in [0.2, 0.25) is 5.95 Å². The van der Waals surface area contributed by atoms with Gasteiger partial charge in [-0.15, -0.1) is 0 Å². The number of rotatable bonds is 2. The number of hydrogen-bond donors (Lipinski definition) is 0. The quantitative estimate of drug-likeness (QED) is 0.472. The minimum absolute atomic E-state index is 0.103. The third kappa shape index (κ3) is 2.96. The molecule has 1 aromatic carbocycles. The molecule has 0 fully saturated rings. The third-order valence-corrected chi connectivity index (χ3v) is 2.48. The molecular weight excluding hydrogens is 262 g/mol. The number of benzene rings is 1. The molecule has 2 rings (SSSR count). The van der Waals surface area contributed by atoms with Gasteiger partial charge in [0.25, 0.3) is 0 Å². The maximum absolute atomic E-state index is 12.7. The Labute approximate surface area is 105 Å². The average molecular weight is 269 g/mol. The fraction of sp³-hybridized carbons (Fsp3) is 0.0769. The highest BCUT2D eigenvalue weighted by Crippen LogP contribution is 2.33. The van der Waals surface area contributed by atoms with Crippen molar-refractivity contribution in [2.45, 2.75) is 6.18 Å². The van der Waals surface area contributed by atoms with Gasteiger partial charge < -0.3 is 0 Å². The minimum Gasteiger partial charge on any atom is -0.298 e. The Morgan fingerprint density at radius 2 is 1.79 bits per heavy atom. The van der Waals surface area contributed by atoms with Gasteiger partial charge in [-0.1, -0.05) is 0 Å². The summed E-state index contributed by atoms with van der Waals surface area (Å²) in [5, 5.41) is 0. The van der Waals surface area contributed by atoms with Crippen molar-refractivity contribution in [3.05, 3.63) is 53.6 Å². The minimum atomic E-state index is -4.55. The van der Waals surface area contributed by atoms with Crippen LogP contribution >= 0.6 is 0 Å². The number of nitrogens with zero attached hydrogens (tertiary/aromatic N) is 1. The molecule has 1 heterocycles. The molecule has 6 heteroatoms. The lowest BCUT2D eigenvalue weighted by atomic mass is 10.0. The number of aromatic nitrogens is 1. The molecule has 2 nitrogen and oxygen atoms in total. The van der Waals surface area contributed by atoms with Crippen molar-refractivity contribution in [1.82, 2.24) is 4.98 Å². The van der Waals surface area contributed by atoms with Gasteiger partial charge in [-0.2, -0.15) is 17.6 Å². The second-order valence-corrected chi connectivity index (χ2v) is 3.83. The second kappa shape index (κ2) is 4.79. The number of aldehydes is 1. The lowest BCUT2D eigenvalue weighted by Crippen LogP contribution is -2.06. The van der Waals surface area contributed by atoms with Crippen LogP contribution in [0, 0.1) is 5.95 Å². The van der Waals surface area contributed by atoms with E-state index in [0.29, 0.717) is 11.8 Å². The van der Waals surface area contributed by atoms with E-state index in [1.165, 1.54) is 12.1 Å². The van der Waals surface area contributed by atoms with Crippen molar-refractivity contribution in [2.75, 3.05) is 0 Å². The van der Waals surface area contributed by atoms with E-state index in [1.54, 1.807) is 0 Å². The van der Waals surface area contributed by atoms with E-state index in [9.17, 15) is 22.4 Å². The van der Waals surface area contributed by atoms with E-state index in [0.717, 1.165) is 24.4 Å². The first-order valence-electron chi connectivity index (χ1n) is 5.19. The molecule has 0 saturated heterocycles. The first-order chi connectivity index (χ1) is 8.90. The summed E-state index contributed by atoms with van der Waals surface area (Å²) >= 11 is 0. The van der Waals surface area contributed by atoms with E-state index in [2.05, 4.69) is 4.98 Å². The van der Waals surface area contributed by atoms with Crippen LogP contribution in [0.1, 0.15) is 15.9 Å². The standard InChI is InChI=1S/C13H7F4NO/c14-12-2-1-9(6-18-12)10-3-8(7-19)4-11(5-10)13(15,16)17/h1-7H. The molecule has 1 aromatic heterocycles. The number of carbonyl (C=O) groups excluding carboxylic acids is 1. The van der Waals surface area contributed by atoms with Gasteiger partial charge in [-0.25, -0.2) is 4.98 Å². The summed E-state index contributed by atoms with van der Waals surface area (Å²) in [5.41, 5.74) is -0.578. The highest BCUT2D eigenvalue weighted by molar-refractivity contribution is 5.79. The van der Waals surface area contributed by atoms with Crippen molar-refractivity contribution in [1.29, 1.82) is 0 Å². The van der Waals surface area contributed by atoms with Crippen molar-refractivity contribution in [2.24, 2.45) is 0 Å². The molecule has 0 N–H and O–H groups in total. The SMILES string of the molecule is O=Cc1cc(-c2ccc(F)nc2)cc(C(F)(F)F)c1. The Balaban J connectivity index is 2.57. The molecule has 0 atom stereocenters. The van der Waals surface area contributed by atoms with Crippen LogP contribution in [0.2, 0.25) is 0 Å². The molecule has 0 aliphatic carbocycles. The monoisotopic (exact) mass is 269 g/mol. The van der Waals surface area contributed by atoms with Gasteiger partial charge in [-0.3, -0.25) is 4.79 Å². The van der Waals surface area contributed by atoms with Gasteiger partial charge >= 0.3 is 6.18 Å². The van der Waals surface area contributed by atoms with Gasteiger partial charge in [0.1, 0.15) is 6.29 Å². The number of hydrogen-bond acceptors (Lipinski definition) is 2. The predicted octanol–water partition coefficient (Wildman–Crippen LogP) is 3.72. The average Bonchev–Trinajstić information content (AvgIpc) is 2.38. The molecule has 0 radical (unpaired) electrons. The Bertz CT molecular complexity index is 605. The summed E-state index contributed by atoms with van der Waals surface area (Å²) in [7, 11) is 0. The zero-order valence-electron chi connectivity index (χ0n) is 9.41. The van der Waals surface area contributed by atoms with Crippen LogP contribution in [0.4, 0.5) is 17.6 Å². The van der Waals surface area contributed by atoms with E-state index >= 15 is 0 Å². The molecule has 0 amide bonds. The Morgan fingerprint density at radius 3 is 2.32 bits per heavy atom. The third-order valence-electron chi connectivity index (χ3n) is 2.48. The van der Waals surface area contributed by atoms with E-state index in [4.69, 9.17) is 0 Å². The number of alkyl halides is 3. The van der Waals surface area contributed by atoms with Crippen LogP contribution in [-0.2, 0) is 6.18 Å². The normalized spacial score (nSPS) is 11.4. The summed E-state index contributed by atoms with van der Waals surface area (Å²) in [4.78, 5) is 14.0. The predicted molar refractivity (Wildman–Crippen MR) is 60.0 cm³/mol. The molecule has 98 valence electrons. The van der Waals surface area contributed by atoms with Gasteiger partial charge in [0.05, 0.1) is 5.56 Å². The highest BCUT2D eigenvalue weighted by atomic mass is 19.4. The number of carbonyl (C=O) groups is 1. The molecule has 0 saturated carbocycles. The molecule has 0 spiro atoms. The molecule has 0 aliphatic rings. The van der Waals surface area contributed by atoms with E-state index in [-0.39, 0.29) is 11.1 Å². The van der Waals surface area contributed by atoms with Gasteiger partial charge in [0.15, 0.2) is 0 Å². The Kier molecular flexibility index (Phi) is 3.33. The van der Waals surface area contributed by atoms with Crippen molar-refractivity contribution < 1.29 is 22.4 Å². The highest BCUT2D eigenvalue weighted by Gasteiger charge is 2.31. The van der Waals surface area contributed by atoms with Crippen LogP contribution in [0.15, 0.2) is 36.5 Å². The summed E-state index contributed by atoms with van der Waals surface area (Å²) in [6.07, 6.45) is -3.11. The van der Waals surface area contributed by atoms with Crippen LogP contribution < -0.4 is 0 Å². The van der Waals surface area contributed by atoms with Crippen LogP contribution in [0.5, 0.6) is 0 Å². The summed E-state index contributed by atoms with van der Waals surface area (Å²) < 4.78 is 50.7. The van der Waals surface area contributed by atoms with Crippen LogP contribution in [-0.4, -0.2) is 11.3 Å². The zero-order valence-corrected chi connectivity index (χ0v) is 9.41. The fourth-order valence-corrected chi connectivity index (χ4v) is 1.60. The molecule has 0 aliphatic heterocycles. The molecule has 0 unspecified atom stereocenters. The Hall–Kier alpha value is -2.24. The van der Waals surface area contributed by atoms with Gasteiger partial charge in [-0.05, 0) is 35.9 Å². The summed E-state index contributed by atoms with van der Waals surface area (Å²) in [5.74, 6) is -0.730. The van der Waals surface area contributed by atoms with Crippen LogP contribution in [0.25, 0.3) is 11.1 Å². The Morgan fingerprint density at radius 1 is 1.05 bits per heavy atom. The maximum Gasteiger partial charge on any atom is 0.416 e. The topological polar surface area (TPSA) is 30.0 Å². The van der Waals surface area contributed by atoms with Crippen LogP contribution in [0.3, 0.4) is 0 Å². The van der Waals surface area contributed by atoms with Crippen molar-refractivity contribution in [3.63, 3.8) is 0 Å². The molecule has 0 bridgehead atoms. The maximum atomic E-state index is 12.7. The number of pyridine rings is 1. The fourth-order valence-electron chi connectivity index (χ4n) is 1.60. The molecular formula is C13H7F4NO. The van der Waals surface area contributed by atoms with Crippen molar-refractivity contribution >= 4 is 6.29 Å². The lowest BCUT2D eigenvalue weighted by Gasteiger charge is -2.10. The van der Waals surface area contributed by atoms with Gasteiger partial charge in [0, 0.05) is 17.3 Å². The zero-order chi connectivity index (χ0) is 14.0. The summed E-state index contributed by atoms with van der Waals surface area (Å²) in [6.45, 7) is 0. The van der Waals surface area contributed by atoms with Crippen molar-refractivity contribution in [3.8, 4) is 11.1 Å². The van der Waals surface area contributed by atoms with E-state index < -0.39 is 17.7 Å². The van der Waals surface area contributed by atoms with E-state index in [1.807, 2.05) is 0 Å². The first-order valence-corrected chi connectivity index (χ1v) is 5.19.